The van der Waals surface area contributed by atoms with Gasteiger partial charge in [0.15, 0.2) is 0 Å². The molecule has 0 radical (unpaired) electrons. The first-order valence-electron chi connectivity index (χ1n) is 6.30. The molecule has 0 aliphatic heterocycles. The van der Waals surface area contributed by atoms with Crippen molar-refractivity contribution in [2.24, 2.45) is 0 Å². The molecule has 4 nitrogen and oxygen atoms in total. The van der Waals surface area contributed by atoms with Gasteiger partial charge in [-0.05, 0) is 48.4 Å². The predicted octanol–water partition coefficient (Wildman–Crippen LogP) is 3.93. The molecule has 2 rings (SSSR count). The van der Waals surface area contributed by atoms with Crippen LogP contribution in [0.5, 0.6) is 11.5 Å². The highest BCUT2D eigenvalue weighted by molar-refractivity contribution is 6.31. The van der Waals surface area contributed by atoms with Crippen LogP contribution in [0.15, 0.2) is 36.4 Å². The van der Waals surface area contributed by atoms with Crippen LogP contribution in [-0.4, -0.2) is 18.2 Å². The van der Waals surface area contributed by atoms with Crippen LogP contribution in [0, 0.1) is 6.92 Å². The van der Waals surface area contributed by atoms with Gasteiger partial charge in [-0.25, -0.2) is 4.79 Å². The molecule has 0 unspecified atom stereocenters. The maximum atomic E-state index is 11.0. The lowest BCUT2D eigenvalue weighted by Crippen LogP contribution is -2.02. The average molecular weight is 307 g/mol. The summed E-state index contributed by atoms with van der Waals surface area (Å²) >= 11 is 5.96. The molecule has 0 bridgehead atoms. The molecule has 0 saturated heterocycles. The molecule has 0 spiro atoms. The zero-order valence-electron chi connectivity index (χ0n) is 11.7. The standard InChI is InChI=1S/C16H15ClO4/c1-10-7-12(4-6-14(10)17)21-9-11-3-5-13(16(18)19)15(8-11)20-2/h3-8H,9H2,1-2H3,(H,18,19). The van der Waals surface area contributed by atoms with E-state index < -0.39 is 5.97 Å². The minimum Gasteiger partial charge on any atom is -0.496 e. The van der Waals surface area contributed by atoms with Crippen LogP contribution in [0.4, 0.5) is 0 Å². The summed E-state index contributed by atoms with van der Waals surface area (Å²) in [4.78, 5) is 11.0. The van der Waals surface area contributed by atoms with Gasteiger partial charge in [0.2, 0.25) is 0 Å². The summed E-state index contributed by atoms with van der Waals surface area (Å²) in [6.45, 7) is 2.22. The van der Waals surface area contributed by atoms with Gasteiger partial charge in [0.1, 0.15) is 23.7 Å². The highest BCUT2D eigenvalue weighted by atomic mass is 35.5. The number of ether oxygens (including phenoxy) is 2. The van der Waals surface area contributed by atoms with Gasteiger partial charge in [-0.2, -0.15) is 0 Å². The van der Waals surface area contributed by atoms with Crippen LogP contribution < -0.4 is 9.47 Å². The smallest absolute Gasteiger partial charge is 0.339 e. The number of halogens is 1. The summed E-state index contributed by atoms with van der Waals surface area (Å²) in [6, 6.07) is 10.3. The molecule has 0 aromatic heterocycles. The van der Waals surface area contributed by atoms with E-state index in [1.807, 2.05) is 13.0 Å². The van der Waals surface area contributed by atoms with Crippen LogP contribution in [0.1, 0.15) is 21.5 Å². The third kappa shape index (κ3) is 3.67. The summed E-state index contributed by atoms with van der Waals surface area (Å²) in [5.41, 5.74) is 1.89. The predicted molar refractivity (Wildman–Crippen MR) is 80.5 cm³/mol. The molecule has 0 atom stereocenters. The van der Waals surface area contributed by atoms with Gasteiger partial charge in [0, 0.05) is 5.02 Å². The van der Waals surface area contributed by atoms with Gasteiger partial charge in [0.25, 0.3) is 0 Å². The van der Waals surface area contributed by atoms with Gasteiger partial charge in [0.05, 0.1) is 7.11 Å². The molecule has 5 heteroatoms. The van der Waals surface area contributed by atoms with Crippen molar-refractivity contribution in [1.29, 1.82) is 0 Å². The van der Waals surface area contributed by atoms with E-state index in [0.29, 0.717) is 23.1 Å². The Hall–Kier alpha value is -2.20. The van der Waals surface area contributed by atoms with Gasteiger partial charge in [-0.3, -0.25) is 0 Å². The number of benzene rings is 2. The second kappa shape index (κ2) is 6.50. The minimum absolute atomic E-state index is 0.128. The summed E-state index contributed by atoms with van der Waals surface area (Å²) in [7, 11) is 1.44. The van der Waals surface area contributed by atoms with E-state index in [1.165, 1.54) is 13.2 Å². The third-order valence-electron chi connectivity index (χ3n) is 3.03. The number of hydrogen-bond acceptors (Lipinski definition) is 3. The molecule has 2 aromatic rings. The lowest BCUT2D eigenvalue weighted by atomic mass is 10.1. The van der Waals surface area contributed by atoms with Gasteiger partial charge < -0.3 is 14.6 Å². The number of carboxylic acids is 1. The van der Waals surface area contributed by atoms with E-state index in [1.54, 1.807) is 24.3 Å². The summed E-state index contributed by atoms with van der Waals surface area (Å²) in [5.74, 6) is 0.00158. The van der Waals surface area contributed by atoms with Crippen molar-refractivity contribution in [3.05, 3.63) is 58.1 Å². The number of methoxy groups -OCH3 is 1. The Labute approximate surface area is 127 Å². The van der Waals surface area contributed by atoms with E-state index in [0.717, 1.165) is 11.1 Å². The molecule has 0 fully saturated rings. The highest BCUT2D eigenvalue weighted by Gasteiger charge is 2.11. The first-order chi connectivity index (χ1) is 10.0. The SMILES string of the molecule is COc1cc(COc2ccc(Cl)c(C)c2)ccc1C(=O)O. The van der Waals surface area contributed by atoms with Gasteiger partial charge >= 0.3 is 5.97 Å². The van der Waals surface area contributed by atoms with Crippen molar-refractivity contribution in [3.8, 4) is 11.5 Å². The Morgan fingerprint density at radius 1 is 1.24 bits per heavy atom. The number of rotatable bonds is 5. The van der Waals surface area contributed by atoms with Crippen molar-refractivity contribution in [2.75, 3.05) is 7.11 Å². The van der Waals surface area contributed by atoms with Crippen molar-refractivity contribution in [2.45, 2.75) is 13.5 Å². The van der Waals surface area contributed by atoms with Crippen LogP contribution >= 0.6 is 11.6 Å². The third-order valence-corrected chi connectivity index (χ3v) is 3.46. The molecule has 0 heterocycles. The van der Waals surface area contributed by atoms with Crippen molar-refractivity contribution in [1.82, 2.24) is 0 Å². The molecular formula is C16H15ClO4. The fraction of sp³-hybridized carbons (Fsp3) is 0.188. The lowest BCUT2D eigenvalue weighted by Gasteiger charge is -2.10. The summed E-state index contributed by atoms with van der Waals surface area (Å²) in [6.07, 6.45) is 0. The van der Waals surface area contributed by atoms with Crippen molar-refractivity contribution in [3.63, 3.8) is 0 Å². The zero-order valence-corrected chi connectivity index (χ0v) is 12.5. The molecule has 1 N–H and O–H groups in total. The maximum absolute atomic E-state index is 11.0. The summed E-state index contributed by atoms with van der Waals surface area (Å²) < 4.78 is 10.7. The molecule has 0 saturated carbocycles. The Morgan fingerprint density at radius 2 is 2.00 bits per heavy atom. The second-order valence-electron chi connectivity index (χ2n) is 4.54. The number of hydrogen-bond donors (Lipinski definition) is 1. The molecular weight excluding hydrogens is 292 g/mol. The largest absolute Gasteiger partial charge is 0.496 e. The average Bonchev–Trinajstić information content (AvgIpc) is 2.48. The second-order valence-corrected chi connectivity index (χ2v) is 4.95. The Morgan fingerprint density at radius 3 is 2.62 bits per heavy atom. The molecule has 110 valence electrons. The van der Waals surface area contributed by atoms with Crippen LogP contribution in [0.3, 0.4) is 0 Å². The first-order valence-corrected chi connectivity index (χ1v) is 6.68. The fourth-order valence-electron chi connectivity index (χ4n) is 1.88. The monoisotopic (exact) mass is 306 g/mol. The van der Waals surface area contributed by atoms with Crippen molar-refractivity contribution >= 4 is 17.6 Å². The Balaban J connectivity index is 2.13. The molecule has 2 aromatic carbocycles. The normalized spacial score (nSPS) is 10.2. The van der Waals surface area contributed by atoms with E-state index in [2.05, 4.69) is 0 Å². The van der Waals surface area contributed by atoms with Crippen LogP contribution in [-0.2, 0) is 6.61 Å². The number of carbonyl (C=O) groups is 1. The Bertz CT molecular complexity index is 667. The van der Waals surface area contributed by atoms with E-state index in [4.69, 9.17) is 26.2 Å². The first kappa shape index (κ1) is 15.2. The van der Waals surface area contributed by atoms with Crippen molar-refractivity contribution < 1.29 is 19.4 Å². The topological polar surface area (TPSA) is 55.8 Å². The summed E-state index contributed by atoms with van der Waals surface area (Å²) in [5, 5.41) is 9.72. The molecule has 21 heavy (non-hydrogen) atoms. The van der Waals surface area contributed by atoms with Crippen LogP contribution in [0.25, 0.3) is 0 Å². The number of carboxylic acid groups (broad SMARTS) is 1. The van der Waals surface area contributed by atoms with E-state index in [9.17, 15) is 4.79 Å². The Kier molecular flexibility index (Phi) is 4.70. The van der Waals surface area contributed by atoms with Gasteiger partial charge in [-0.1, -0.05) is 17.7 Å². The fourth-order valence-corrected chi connectivity index (χ4v) is 1.99. The number of aryl methyl sites for hydroxylation is 1. The van der Waals surface area contributed by atoms with Gasteiger partial charge in [-0.15, -0.1) is 0 Å². The van der Waals surface area contributed by atoms with E-state index in [-0.39, 0.29) is 5.56 Å². The number of aromatic carboxylic acids is 1. The zero-order chi connectivity index (χ0) is 15.4. The molecule has 0 amide bonds. The maximum Gasteiger partial charge on any atom is 0.339 e. The molecule has 0 aliphatic rings. The minimum atomic E-state index is -1.02. The lowest BCUT2D eigenvalue weighted by molar-refractivity contribution is 0.0693. The molecule has 0 aliphatic carbocycles. The van der Waals surface area contributed by atoms with Crippen LogP contribution in [0.2, 0.25) is 5.02 Å². The highest BCUT2D eigenvalue weighted by Crippen LogP contribution is 2.24. The van der Waals surface area contributed by atoms with E-state index >= 15 is 0 Å². The quantitative estimate of drug-likeness (QED) is 0.909.